The lowest BCUT2D eigenvalue weighted by molar-refractivity contribution is 0.209. The Hall–Kier alpha value is -2.40. The van der Waals surface area contributed by atoms with Gasteiger partial charge < -0.3 is 9.88 Å². The number of pyridine rings is 2. The predicted octanol–water partition coefficient (Wildman–Crippen LogP) is 2.61. The SMILES string of the molecule is CC(C)N1CCN(c2ccc3[nH]c(=O)c4ccccc4c3n2)CC1. The van der Waals surface area contributed by atoms with Gasteiger partial charge >= 0.3 is 0 Å². The number of nitrogens with one attached hydrogen (secondary N) is 1. The number of nitrogens with zero attached hydrogens (tertiary/aromatic N) is 3. The maximum Gasteiger partial charge on any atom is 0.256 e. The van der Waals surface area contributed by atoms with Crippen LogP contribution in [0.2, 0.25) is 0 Å². The Labute approximate surface area is 140 Å². The molecule has 3 aromatic rings. The van der Waals surface area contributed by atoms with Crippen LogP contribution in [-0.4, -0.2) is 47.1 Å². The summed E-state index contributed by atoms with van der Waals surface area (Å²) in [5.74, 6) is 0.989. The van der Waals surface area contributed by atoms with Crippen LogP contribution in [0.25, 0.3) is 21.8 Å². The summed E-state index contributed by atoms with van der Waals surface area (Å²) in [5.41, 5.74) is 1.61. The van der Waals surface area contributed by atoms with Gasteiger partial charge in [-0.1, -0.05) is 18.2 Å². The van der Waals surface area contributed by atoms with E-state index in [1.165, 1.54) is 0 Å². The molecule has 0 spiro atoms. The molecular weight excluding hydrogens is 300 g/mol. The summed E-state index contributed by atoms with van der Waals surface area (Å²) in [6.07, 6.45) is 0. The minimum absolute atomic E-state index is 0.0572. The van der Waals surface area contributed by atoms with E-state index in [9.17, 15) is 4.79 Å². The zero-order valence-corrected chi connectivity index (χ0v) is 14.1. The molecule has 1 aliphatic heterocycles. The molecule has 1 N–H and O–H groups in total. The van der Waals surface area contributed by atoms with E-state index in [0.717, 1.165) is 48.4 Å². The Kier molecular flexibility index (Phi) is 3.73. The molecular formula is C19H22N4O. The van der Waals surface area contributed by atoms with Gasteiger partial charge in [-0.15, -0.1) is 0 Å². The fraction of sp³-hybridized carbons (Fsp3) is 0.368. The van der Waals surface area contributed by atoms with Crippen LogP contribution >= 0.6 is 0 Å². The summed E-state index contributed by atoms with van der Waals surface area (Å²) in [6.45, 7) is 8.57. The summed E-state index contributed by atoms with van der Waals surface area (Å²) < 4.78 is 0. The number of benzene rings is 1. The van der Waals surface area contributed by atoms with Gasteiger partial charge in [0, 0.05) is 43.0 Å². The molecule has 3 heterocycles. The first kappa shape index (κ1) is 15.1. The van der Waals surface area contributed by atoms with Gasteiger partial charge in [0.1, 0.15) is 5.82 Å². The lowest BCUT2D eigenvalue weighted by Gasteiger charge is -2.37. The van der Waals surface area contributed by atoms with Crippen LogP contribution in [0.4, 0.5) is 5.82 Å². The molecule has 124 valence electrons. The van der Waals surface area contributed by atoms with E-state index in [-0.39, 0.29) is 5.56 Å². The van der Waals surface area contributed by atoms with Crippen LogP contribution in [0, 0.1) is 0 Å². The van der Waals surface area contributed by atoms with Crippen LogP contribution in [0.15, 0.2) is 41.2 Å². The molecule has 4 rings (SSSR count). The quantitative estimate of drug-likeness (QED) is 0.737. The second kappa shape index (κ2) is 5.91. The highest BCUT2D eigenvalue weighted by Crippen LogP contribution is 2.23. The van der Waals surface area contributed by atoms with Crippen molar-refractivity contribution in [3.63, 3.8) is 0 Å². The monoisotopic (exact) mass is 322 g/mol. The third-order valence-electron chi connectivity index (χ3n) is 4.92. The third-order valence-corrected chi connectivity index (χ3v) is 4.92. The normalized spacial score (nSPS) is 16.4. The van der Waals surface area contributed by atoms with Gasteiger partial charge in [0.25, 0.3) is 5.56 Å². The van der Waals surface area contributed by atoms with E-state index in [1.54, 1.807) is 0 Å². The number of hydrogen-bond acceptors (Lipinski definition) is 4. The number of anilines is 1. The predicted molar refractivity (Wildman–Crippen MR) is 98.8 cm³/mol. The smallest absolute Gasteiger partial charge is 0.256 e. The number of rotatable bonds is 2. The van der Waals surface area contributed by atoms with Crippen LogP contribution < -0.4 is 10.5 Å². The zero-order valence-electron chi connectivity index (χ0n) is 14.1. The van der Waals surface area contributed by atoms with Crippen LogP contribution in [0.1, 0.15) is 13.8 Å². The van der Waals surface area contributed by atoms with Crippen molar-refractivity contribution in [3.8, 4) is 0 Å². The van der Waals surface area contributed by atoms with Crippen LogP contribution in [0.5, 0.6) is 0 Å². The molecule has 0 amide bonds. The fourth-order valence-electron chi connectivity index (χ4n) is 3.48. The second-order valence-electron chi connectivity index (χ2n) is 6.68. The van der Waals surface area contributed by atoms with Gasteiger partial charge in [-0.05, 0) is 32.0 Å². The molecule has 5 nitrogen and oxygen atoms in total. The molecule has 24 heavy (non-hydrogen) atoms. The zero-order chi connectivity index (χ0) is 16.7. The lowest BCUT2D eigenvalue weighted by Crippen LogP contribution is -2.49. The van der Waals surface area contributed by atoms with Crippen molar-refractivity contribution in [2.45, 2.75) is 19.9 Å². The van der Waals surface area contributed by atoms with Crippen molar-refractivity contribution in [3.05, 3.63) is 46.8 Å². The van der Waals surface area contributed by atoms with E-state index < -0.39 is 0 Å². The molecule has 5 heteroatoms. The minimum atomic E-state index is -0.0572. The molecule has 1 saturated heterocycles. The average Bonchev–Trinajstić information content (AvgIpc) is 2.62. The molecule has 0 unspecified atom stereocenters. The fourth-order valence-corrected chi connectivity index (χ4v) is 3.48. The van der Waals surface area contributed by atoms with Crippen molar-refractivity contribution >= 4 is 27.6 Å². The molecule has 0 radical (unpaired) electrons. The first-order valence-corrected chi connectivity index (χ1v) is 8.54. The molecule has 0 saturated carbocycles. The lowest BCUT2D eigenvalue weighted by atomic mass is 10.1. The van der Waals surface area contributed by atoms with E-state index in [2.05, 4.69) is 28.6 Å². The number of aromatic amines is 1. The highest BCUT2D eigenvalue weighted by atomic mass is 16.1. The maximum atomic E-state index is 12.2. The number of hydrogen-bond donors (Lipinski definition) is 1. The Balaban J connectivity index is 1.75. The first-order valence-electron chi connectivity index (χ1n) is 8.54. The largest absolute Gasteiger partial charge is 0.354 e. The highest BCUT2D eigenvalue weighted by Gasteiger charge is 2.20. The molecule has 1 fully saturated rings. The van der Waals surface area contributed by atoms with Gasteiger partial charge in [0.05, 0.1) is 11.0 Å². The Morgan fingerprint density at radius 1 is 1.00 bits per heavy atom. The Morgan fingerprint density at radius 3 is 2.42 bits per heavy atom. The van der Waals surface area contributed by atoms with Gasteiger partial charge in [0.15, 0.2) is 0 Å². The maximum absolute atomic E-state index is 12.2. The van der Waals surface area contributed by atoms with Crippen LogP contribution in [0.3, 0.4) is 0 Å². The molecule has 0 bridgehead atoms. The first-order chi connectivity index (χ1) is 11.6. The van der Waals surface area contributed by atoms with Crippen molar-refractivity contribution in [1.82, 2.24) is 14.9 Å². The molecule has 0 atom stereocenters. The Morgan fingerprint density at radius 2 is 1.71 bits per heavy atom. The van der Waals surface area contributed by atoms with Crippen LogP contribution in [-0.2, 0) is 0 Å². The summed E-state index contributed by atoms with van der Waals surface area (Å²) in [5, 5.41) is 1.61. The van der Waals surface area contributed by atoms with Crippen molar-refractivity contribution in [1.29, 1.82) is 0 Å². The van der Waals surface area contributed by atoms with Crippen molar-refractivity contribution in [2.75, 3.05) is 31.1 Å². The topological polar surface area (TPSA) is 52.2 Å². The summed E-state index contributed by atoms with van der Waals surface area (Å²) in [6, 6.07) is 12.2. The molecule has 2 aromatic heterocycles. The number of piperazine rings is 1. The summed E-state index contributed by atoms with van der Waals surface area (Å²) in [7, 11) is 0. The van der Waals surface area contributed by atoms with Gasteiger partial charge in [-0.2, -0.15) is 0 Å². The van der Waals surface area contributed by atoms with E-state index in [0.29, 0.717) is 11.4 Å². The Bertz CT molecular complexity index is 939. The summed E-state index contributed by atoms with van der Waals surface area (Å²) in [4.78, 5) is 24.8. The standard InChI is InChI=1S/C19H22N4O/c1-13(2)22-9-11-23(12-10-22)17-8-7-16-18(21-17)14-5-3-4-6-15(14)19(24)20-16/h3-8,13H,9-12H2,1-2H3,(H,20,24). The van der Waals surface area contributed by atoms with Crippen molar-refractivity contribution in [2.24, 2.45) is 0 Å². The van der Waals surface area contributed by atoms with E-state index in [1.807, 2.05) is 36.4 Å². The van der Waals surface area contributed by atoms with E-state index >= 15 is 0 Å². The second-order valence-corrected chi connectivity index (χ2v) is 6.68. The molecule has 0 aliphatic carbocycles. The number of fused-ring (bicyclic) bond motifs is 3. The summed E-state index contributed by atoms with van der Waals surface area (Å²) >= 11 is 0. The number of H-pyrrole nitrogens is 1. The minimum Gasteiger partial charge on any atom is -0.354 e. The van der Waals surface area contributed by atoms with Gasteiger partial charge in [-0.3, -0.25) is 9.69 Å². The average molecular weight is 322 g/mol. The highest BCUT2D eigenvalue weighted by molar-refractivity contribution is 6.03. The number of aromatic nitrogens is 2. The van der Waals surface area contributed by atoms with Gasteiger partial charge in [-0.25, -0.2) is 4.98 Å². The van der Waals surface area contributed by atoms with E-state index in [4.69, 9.17) is 4.98 Å². The molecule has 1 aromatic carbocycles. The van der Waals surface area contributed by atoms with Crippen molar-refractivity contribution < 1.29 is 0 Å². The molecule has 1 aliphatic rings. The third kappa shape index (κ3) is 2.55. The van der Waals surface area contributed by atoms with Gasteiger partial charge in [0.2, 0.25) is 0 Å².